The number of rotatable bonds is 13. The van der Waals surface area contributed by atoms with Crippen molar-refractivity contribution in [1.29, 1.82) is 0 Å². The summed E-state index contributed by atoms with van der Waals surface area (Å²) in [5, 5.41) is 20.0. The van der Waals surface area contributed by atoms with Gasteiger partial charge in [-0.05, 0) is 127 Å². The molecule has 0 radical (unpaired) electrons. The highest BCUT2D eigenvalue weighted by atomic mass is 79.9. The summed E-state index contributed by atoms with van der Waals surface area (Å²) in [5.41, 5.74) is 1.12. The van der Waals surface area contributed by atoms with E-state index in [9.17, 15) is 37.1 Å². The van der Waals surface area contributed by atoms with Crippen LogP contribution >= 0.6 is 110 Å². The van der Waals surface area contributed by atoms with Crippen molar-refractivity contribution >= 4 is 140 Å². The van der Waals surface area contributed by atoms with Crippen molar-refractivity contribution in [3.05, 3.63) is 216 Å². The van der Waals surface area contributed by atoms with Crippen LogP contribution in [-0.2, 0) is 9.63 Å². The number of carbonyl (C=O) groups is 5. The molecule has 7 aromatic carbocycles. The number of aliphatic carboxylic acids is 1. The van der Waals surface area contributed by atoms with E-state index < -0.39 is 36.0 Å². The van der Waals surface area contributed by atoms with E-state index in [4.69, 9.17) is 80.4 Å². The fraction of sp³-hybridized carbons (Fsp3) is 0.113. The Morgan fingerprint density at radius 1 is 0.468 bits per heavy atom. The third kappa shape index (κ3) is 21.6. The van der Waals surface area contributed by atoms with Crippen LogP contribution < -0.4 is 18.9 Å². The van der Waals surface area contributed by atoms with Crippen molar-refractivity contribution in [3.63, 3.8) is 0 Å². The molecule has 7 aromatic rings. The molecule has 0 heterocycles. The number of ketones is 2. The SMILES string of the molecule is COc1ccc(Cl)cc1C(=O)N(C)OC.COc1ccc(Cl)cc1C(=O)O.COc1ccc(Cl)cc1C(=O)c1cc(F)cc(Br)c1.Fc1cc(Br)cc(Br)c1.O=C(O)COc1ccc(Cl)cc1C(=O)c1cc(F)cc(Br)c1. The molecular weight excluding hydrogens is 1360 g/mol. The van der Waals surface area contributed by atoms with Crippen LogP contribution in [0.1, 0.15) is 52.6 Å². The maximum absolute atomic E-state index is 13.4. The number of nitrogens with zero attached hydrogens (tertiary/aromatic N) is 1. The maximum atomic E-state index is 13.4. The average Bonchev–Trinajstić information content (AvgIpc) is 3.37. The third-order valence-corrected chi connectivity index (χ3v) is 12.1. The fourth-order valence-electron chi connectivity index (χ4n) is 5.95. The lowest BCUT2D eigenvalue weighted by Gasteiger charge is -2.15. The van der Waals surface area contributed by atoms with Gasteiger partial charge >= 0.3 is 11.9 Å². The highest BCUT2D eigenvalue weighted by Gasteiger charge is 2.20. The van der Waals surface area contributed by atoms with E-state index in [2.05, 4.69) is 63.7 Å². The number of carboxylic acid groups (broad SMARTS) is 2. The molecular formula is C53H40Br4Cl4F3NO12. The van der Waals surface area contributed by atoms with Crippen molar-refractivity contribution < 1.29 is 71.1 Å². The number of ether oxygens (including phenoxy) is 4. The minimum absolute atomic E-state index is 0.0613. The van der Waals surface area contributed by atoms with E-state index in [0.29, 0.717) is 52.4 Å². The molecule has 0 unspecified atom stereocenters. The zero-order chi connectivity index (χ0) is 57.7. The van der Waals surface area contributed by atoms with Crippen molar-refractivity contribution in [2.75, 3.05) is 42.1 Å². The lowest BCUT2D eigenvalue weighted by atomic mass is 10.0. The van der Waals surface area contributed by atoms with Crippen LogP contribution in [0, 0.1) is 17.5 Å². The van der Waals surface area contributed by atoms with Gasteiger partial charge in [-0.2, -0.15) is 0 Å². The van der Waals surface area contributed by atoms with Crippen LogP contribution in [0.2, 0.25) is 20.1 Å². The summed E-state index contributed by atoms with van der Waals surface area (Å²) >= 11 is 35.7. The predicted molar refractivity (Wildman–Crippen MR) is 302 cm³/mol. The molecule has 0 bridgehead atoms. The van der Waals surface area contributed by atoms with E-state index in [1.807, 2.05) is 0 Å². The highest BCUT2D eigenvalue weighted by molar-refractivity contribution is 9.11. The van der Waals surface area contributed by atoms with Gasteiger partial charge in [-0.3, -0.25) is 19.2 Å². The molecule has 13 nitrogen and oxygen atoms in total. The zero-order valence-corrected chi connectivity index (χ0v) is 49.8. The molecule has 0 aliphatic carbocycles. The lowest BCUT2D eigenvalue weighted by Crippen LogP contribution is -2.25. The molecule has 7 rings (SSSR count). The number of benzene rings is 7. The smallest absolute Gasteiger partial charge is 0.341 e. The molecule has 0 aromatic heterocycles. The van der Waals surface area contributed by atoms with Gasteiger partial charge in [0.2, 0.25) is 0 Å². The number of carbonyl (C=O) groups excluding carboxylic acids is 3. The van der Waals surface area contributed by atoms with Crippen molar-refractivity contribution in [2.45, 2.75) is 0 Å². The minimum atomic E-state index is -1.18. The number of hydrogen-bond acceptors (Lipinski definition) is 10. The standard InChI is InChI=1S/C15H9BrClFO4.C14H9BrClFO2.C10H12ClNO3.C8H7ClO3.C6H3Br2F/c16-9-3-8(4-11(18)5-9)15(21)12-6-10(17)1-2-13(12)22-7-14(19)20;1-19-13-3-2-10(16)7-12(13)14(18)8-4-9(15)6-11(17)5-8;1-12(15-3)10(13)8-6-7(11)4-5-9(8)14-2;1-12-7-3-2-5(9)4-6(7)8(10)11;7-4-1-5(8)3-6(9)2-4/h1-6H,7H2,(H,19,20);2-7H,1H3;4-6H,1-3H3;2-4H,1H3,(H,10,11);1-3H. The molecule has 0 atom stereocenters. The largest absolute Gasteiger partial charge is 0.496 e. The van der Waals surface area contributed by atoms with Gasteiger partial charge in [-0.25, -0.2) is 27.8 Å². The number of amides is 1. The Balaban J connectivity index is 0.000000261. The summed E-state index contributed by atoms with van der Waals surface area (Å²) in [6.45, 7) is -0.602. The molecule has 0 saturated carbocycles. The Bertz CT molecular complexity index is 3160. The first-order valence-electron chi connectivity index (χ1n) is 21.1. The maximum Gasteiger partial charge on any atom is 0.341 e. The Morgan fingerprint density at radius 3 is 1.14 bits per heavy atom. The molecule has 77 heavy (non-hydrogen) atoms. The molecule has 1 amide bonds. The van der Waals surface area contributed by atoms with Crippen LogP contribution in [0.15, 0.2) is 145 Å². The van der Waals surface area contributed by atoms with Gasteiger partial charge in [-0.15, -0.1) is 0 Å². The molecule has 0 aliphatic heterocycles. The summed E-state index contributed by atoms with van der Waals surface area (Å²) in [4.78, 5) is 62.6. The van der Waals surface area contributed by atoms with E-state index >= 15 is 0 Å². The Kier molecular flexibility index (Phi) is 27.5. The number of hydroxylamine groups is 2. The van der Waals surface area contributed by atoms with Crippen LogP contribution in [0.5, 0.6) is 23.0 Å². The summed E-state index contributed by atoms with van der Waals surface area (Å²) in [5.74, 6) is -3.47. The summed E-state index contributed by atoms with van der Waals surface area (Å²) in [6.07, 6.45) is 0. The van der Waals surface area contributed by atoms with Crippen molar-refractivity contribution in [2.24, 2.45) is 0 Å². The first kappa shape index (κ1) is 65.6. The van der Waals surface area contributed by atoms with Crippen LogP contribution in [0.3, 0.4) is 0 Å². The van der Waals surface area contributed by atoms with Gasteiger partial charge < -0.3 is 29.2 Å². The second-order valence-electron chi connectivity index (χ2n) is 14.7. The number of methoxy groups -OCH3 is 3. The molecule has 2 N–H and O–H groups in total. The van der Waals surface area contributed by atoms with E-state index in [0.717, 1.165) is 20.1 Å². The number of carboxylic acids is 2. The van der Waals surface area contributed by atoms with Crippen molar-refractivity contribution in [3.8, 4) is 23.0 Å². The number of hydrogen-bond donors (Lipinski definition) is 2. The summed E-state index contributed by atoms with van der Waals surface area (Å²) < 4.78 is 61.6. The molecule has 0 spiro atoms. The van der Waals surface area contributed by atoms with Gasteiger partial charge in [0, 0.05) is 56.2 Å². The topological polar surface area (TPSA) is 175 Å². The number of aromatic carboxylic acids is 1. The van der Waals surface area contributed by atoms with Gasteiger partial charge in [0.1, 0.15) is 46.0 Å². The zero-order valence-electron chi connectivity index (χ0n) is 40.4. The predicted octanol–water partition coefficient (Wildman–Crippen LogP) is 15.8. The first-order chi connectivity index (χ1) is 36.3. The van der Waals surface area contributed by atoms with E-state index in [1.165, 1.54) is 114 Å². The monoisotopic (exact) mass is 1390 g/mol. The second kappa shape index (κ2) is 32.3. The quantitative estimate of drug-likeness (QED) is 0.0827. The normalized spacial score (nSPS) is 10.0. The fourth-order valence-corrected chi connectivity index (χ4v) is 8.81. The molecule has 0 saturated heterocycles. The summed E-state index contributed by atoms with van der Waals surface area (Å²) in [6, 6.07) is 30.6. The van der Waals surface area contributed by atoms with Gasteiger partial charge in [0.05, 0.1) is 45.1 Å². The molecule has 0 fully saturated rings. The number of halogens is 11. The van der Waals surface area contributed by atoms with E-state index in [1.54, 1.807) is 42.5 Å². The molecule has 0 aliphatic rings. The van der Waals surface area contributed by atoms with Gasteiger partial charge in [-0.1, -0.05) is 110 Å². The third-order valence-electron chi connectivity index (χ3n) is 9.36. The van der Waals surface area contributed by atoms with Gasteiger partial charge in [0.25, 0.3) is 5.91 Å². The van der Waals surface area contributed by atoms with Crippen LogP contribution in [0.25, 0.3) is 0 Å². The Morgan fingerprint density at radius 2 is 0.792 bits per heavy atom. The first-order valence-corrected chi connectivity index (χ1v) is 25.8. The summed E-state index contributed by atoms with van der Waals surface area (Å²) in [7, 11) is 7.29. The molecule has 406 valence electrons. The van der Waals surface area contributed by atoms with E-state index in [-0.39, 0.29) is 50.5 Å². The van der Waals surface area contributed by atoms with Gasteiger partial charge in [0.15, 0.2) is 18.2 Å². The lowest BCUT2D eigenvalue weighted by molar-refractivity contribution is -0.139. The Labute approximate surface area is 493 Å². The minimum Gasteiger partial charge on any atom is -0.496 e. The van der Waals surface area contributed by atoms with Crippen molar-refractivity contribution in [1.82, 2.24) is 5.06 Å². The van der Waals surface area contributed by atoms with Crippen LogP contribution in [-0.4, -0.2) is 86.8 Å². The average molecular weight is 1400 g/mol. The Hall–Kier alpha value is -5.68. The van der Waals surface area contributed by atoms with Crippen LogP contribution in [0.4, 0.5) is 13.2 Å². The molecule has 24 heteroatoms. The second-order valence-corrected chi connectivity index (χ2v) is 20.1. The highest BCUT2D eigenvalue weighted by Crippen LogP contribution is 2.30.